The SMILES string of the molecule is O=CC1=C2NCCN2C(=O)C1CC(=O)O. The lowest BCUT2D eigenvalue weighted by Crippen LogP contribution is -2.28. The molecule has 0 aliphatic carbocycles. The molecule has 2 aliphatic heterocycles. The minimum absolute atomic E-state index is 0.264. The quantitative estimate of drug-likeness (QED) is 0.579. The molecule has 1 amide bonds. The molecule has 2 rings (SSSR count). The van der Waals surface area contributed by atoms with Gasteiger partial charge in [-0.25, -0.2) is 0 Å². The van der Waals surface area contributed by atoms with Gasteiger partial charge < -0.3 is 10.4 Å². The lowest BCUT2D eigenvalue weighted by molar-refractivity contribution is -0.141. The van der Waals surface area contributed by atoms with Crippen LogP contribution in [0.25, 0.3) is 0 Å². The Balaban J connectivity index is 2.32. The molecule has 0 bridgehead atoms. The first-order valence-corrected chi connectivity index (χ1v) is 4.61. The van der Waals surface area contributed by atoms with Gasteiger partial charge in [-0.15, -0.1) is 0 Å². The van der Waals surface area contributed by atoms with E-state index in [-0.39, 0.29) is 17.9 Å². The van der Waals surface area contributed by atoms with E-state index in [1.54, 1.807) is 0 Å². The van der Waals surface area contributed by atoms with Gasteiger partial charge in [0.25, 0.3) is 0 Å². The molecule has 6 heteroatoms. The summed E-state index contributed by atoms with van der Waals surface area (Å²) in [6, 6.07) is 0. The van der Waals surface area contributed by atoms with Crippen LogP contribution in [-0.2, 0) is 14.4 Å². The topological polar surface area (TPSA) is 86.7 Å². The predicted molar refractivity (Wildman–Crippen MR) is 48.5 cm³/mol. The van der Waals surface area contributed by atoms with Crippen molar-refractivity contribution in [3.63, 3.8) is 0 Å². The number of carboxylic acids is 1. The number of hydrogen-bond acceptors (Lipinski definition) is 4. The van der Waals surface area contributed by atoms with E-state index >= 15 is 0 Å². The molecule has 0 aromatic heterocycles. The first kappa shape index (κ1) is 9.70. The largest absolute Gasteiger partial charge is 0.481 e. The molecule has 0 saturated carbocycles. The van der Waals surface area contributed by atoms with Crippen LogP contribution < -0.4 is 5.32 Å². The second-order valence-electron chi connectivity index (χ2n) is 3.49. The Morgan fingerprint density at radius 3 is 3.00 bits per heavy atom. The van der Waals surface area contributed by atoms with Crippen LogP contribution in [0.3, 0.4) is 0 Å². The lowest BCUT2D eigenvalue weighted by Gasteiger charge is -2.10. The highest BCUT2D eigenvalue weighted by atomic mass is 16.4. The summed E-state index contributed by atoms with van der Waals surface area (Å²) < 4.78 is 0. The Hall–Kier alpha value is -1.85. The second kappa shape index (κ2) is 3.38. The number of carbonyl (C=O) groups is 3. The van der Waals surface area contributed by atoms with Gasteiger partial charge in [-0.3, -0.25) is 19.3 Å². The number of carbonyl (C=O) groups excluding carboxylic acids is 2. The Labute approximate surface area is 85.5 Å². The number of rotatable bonds is 3. The molecule has 2 aliphatic rings. The Morgan fingerprint density at radius 1 is 1.67 bits per heavy atom. The molecule has 0 aromatic carbocycles. The minimum Gasteiger partial charge on any atom is -0.481 e. The molecule has 1 unspecified atom stereocenters. The van der Waals surface area contributed by atoms with E-state index in [1.165, 1.54) is 4.90 Å². The summed E-state index contributed by atoms with van der Waals surface area (Å²) in [4.78, 5) is 34.5. The molecule has 1 fully saturated rings. The maximum absolute atomic E-state index is 11.7. The van der Waals surface area contributed by atoms with Gasteiger partial charge in [-0.05, 0) is 0 Å². The van der Waals surface area contributed by atoms with Crippen LogP contribution in [0, 0.1) is 5.92 Å². The minimum atomic E-state index is -1.07. The van der Waals surface area contributed by atoms with E-state index in [1.807, 2.05) is 0 Å². The van der Waals surface area contributed by atoms with Gasteiger partial charge in [0.2, 0.25) is 5.91 Å². The van der Waals surface area contributed by atoms with Crippen LogP contribution in [0.15, 0.2) is 11.4 Å². The number of aliphatic carboxylic acids is 1. The van der Waals surface area contributed by atoms with Crippen LogP contribution >= 0.6 is 0 Å². The van der Waals surface area contributed by atoms with Crippen molar-refractivity contribution < 1.29 is 19.5 Å². The molecule has 0 radical (unpaired) electrons. The molecule has 1 atom stereocenters. The monoisotopic (exact) mass is 210 g/mol. The summed E-state index contributed by atoms with van der Waals surface area (Å²) in [6.07, 6.45) is 0.244. The number of aldehydes is 1. The summed E-state index contributed by atoms with van der Waals surface area (Å²) >= 11 is 0. The standard InChI is InChI=1S/C9H10N2O4/c12-4-6-5(3-7(13)14)9(15)11-2-1-10-8(6)11/h4-5,10H,1-3H2,(H,13,14). The van der Waals surface area contributed by atoms with E-state index in [4.69, 9.17) is 5.11 Å². The predicted octanol–water partition coefficient (Wildman–Crippen LogP) is -1.07. The van der Waals surface area contributed by atoms with Crippen LogP contribution in [0.5, 0.6) is 0 Å². The third kappa shape index (κ3) is 1.38. The Morgan fingerprint density at radius 2 is 2.40 bits per heavy atom. The van der Waals surface area contributed by atoms with Crippen molar-refractivity contribution in [2.75, 3.05) is 13.1 Å². The van der Waals surface area contributed by atoms with Gasteiger partial charge in [0, 0.05) is 18.7 Å². The molecule has 6 nitrogen and oxygen atoms in total. The number of carboxylic acid groups (broad SMARTS) is 1. The molecule has 0 spiro atoms. The average molecular weight is 210 g/mol. The Kier molecular flexibility index (Phi) is 2.18. The van der Waals surface area contributed by atoms with Gasteiger partial charge in [-0.1, -0.05) is 0 Å². The van der Waals surface area contributed by atoms with E-state index in [2.05, 4.69) is 5.32 Å². The van der Waals surface area contributed by atoms with Crippen LogP contribution in [0.4, 0.5) is 0 Å². The number of nitrogens with zero attached hydrogens (tertiary/aromatic N) is 1. The first-order valence-electron chi connectivity index (χ1n) is 4.61. The van der Waals surface area contributed by atoms with E-state index in [9.17, 15) is 14.4 Å². The summed E-state index contributed by atoms with van der Waals surface area (Å²) in [5.41, 5.74) is 0.264. The fourth-order valence-corrected chi connectivity index (χ4v) is 1.97. The van der Waals surface area contributed by atoms with E-state index in [0.29, 0.717) is 25.2 Å². The lowest BCUT2D eigenvalue weighted by atomic mass is 9.98. The summed E-state index contributed by atoms with van der Waals surface area (Å²) in [6.45, 7) is 1.11. The zero-order valence-electron chi connectivity index (χ0n) is 7.90. The zero-order chi connectivity index (χ0) is 11.0. The van der Waals surface area contributed by atoms with Crippen molar-refractivity contribution in [2.45, 2.75) is 6.42 Å². The third-order valence-corrected chi connectivity index (χ3v) is 2.62. The molecule has 0 aromatic rings. The van der Waals surface area contributed by atoms with Crippen molar-refractivity contribution in [2.24, 2.45) is 5.92 Å². The van der Waals surface area contributed by atoms with Crippen molar-refractivity contribution in [1.82, 2.24) is 10.2 Å². The number of nitrogens with one attached hydrogen (secondary N) is 1. The fourth-order valence-electron chi connectivity index (χ4n) is 1.97. The van der Waals surface area contributed by atoms with Crippen molar-refractivity contribution in [3.8, 4) is 0 Å². The molecule has 2 N–H and O–H groups in total. The van der Waals surface area contributed by atoms with Gasteiger partial charge in [0.1, 0.15) is 12.1 Å². The molecule has 80 valence electrons. The van der Waals surface area contributed by atoms with Gasteiger partial charge in [0.05, 0.1) is 12.3 Å². The third-order valence-electron chi connectivity index (χ3n) is 2.62. The Bertz CT molecular complexity index is 374. The highest BCUT2D eigenvalue weighted by Gasteiger charge is 2.42. The summed E-state index contributed by atoms with van der Waals surface area (Å²) in [5.74, 6) is -1.70. The average Bonchev–Trinajstić information content (AvgIpc) is 2.71. The molecule has 2 heterocycles. The normalized spacial score (nSPS) is 24.1. The second-order valence-corrected chi connectivity index (χ2v) is 3.49. The van der Waals surface area contributed by atoms with E-state index in [0.717, 1.165) is 0 Å². The zero-order valence-corrected chi connectivity index (χ0v) is 7.90. The maximum Gasteiger partial charge on any atom is 0.304 e. The van der Waals surface area contributed by atoms with Gasteiger partial charge in [-0.2, -0.15) is 0 Å². The smallest absolute Gasteiger partial charge is 0.304 e. The highest BCUT2D eigenvalue weighted by molar-refractivity contribution is 5.98. The van der Waals surface area contributed by atoms with Crippen LogP contribution in [0.2, 0.25) is 0 Å². The number of hydrogen-bond donors (Lipinski definition) is 2. The van der Waals surface area contributed by atoms with Crippen LogP contribution in [-0.4, -0.2) is 41.3 Å². The number of amides is 1. The molecule has 1 saturated heterocycles. The first-order chi connectivity index (χ1) is 7.15. The van der Waals surface area contributed by atoms with E-state index < -0.39 is 11.9 Å². The fraction of sp³-hybridized carbons (Fsp3) is 0.444. The van der Waals surface area contributed by atoms with Gasteiger partial charge >= 0.3 is 5.97 Å². The van der Waals surface area contributed by atoms with Crippen LogP contribution in [0.1, 0.15) is 6.42 Å². The van der Waals surface area contributed by atoms with Crippen molar-refractivity contribution in [3.05, 3.63) is 11.4 Å². The molecular weight excluding hydrogens is 200 g/mol. The summed E-state index contributed by atoms with van der Waals surface area (Å²) in [7, 11) is 0. The van der Waals surface area contributed by atoms with Gasteiger partial charge in [0.15, 0.2) is 0 Å². The maximum atomic E-state index is 11.7. The number of fused-ring (bicyclic) bond motifs is 1. The van der Waals surface area contributed by atoms with Crippen molar-refractivity contribution >= 4 is 18.2 Å². The highest BCUT2D eigenvalue weighted by Crippen LogP contribution is 2.31. The van der Waals surface area contributed by atoms with Crippen molar-refractivity contribution in [1.29, 1.82) is 0 Å². The molecule has 15 heavy (non-hydrogen) atoms. The molecular formula is C9H10N2O4. The summed E-state index contributed by atoms with van der Waals surface area (Å²) in [5, 5.41) is 11.6.